The van der Waals surface area contributed by atoms with Gasteiger partial charge in [-0.25, -0.2) is 0 Å². The van der Waals surface area contributed by atoms with Crippen LogP contribution in [0.1, 0.15) is 5.56 Å². The number of benzene rings is 1. The zero-order chi connectivity index (χ0) is 17.4. The van der Waals surface area contributed by atoms with Crippen LogP contribution < -0.4 is 14.2 Å². The number of rotatable bonds is 4. The number of aliphatic hydroxyl groups excluding tert-OH is 1. The van der Waals surface area contributed by atoms with Crippen LogP contribution in [0.4, 0.5) is 0 Å². The predicted molar refractivity (Wildman–Crippen MR) is 93.3 cm³/mol. The summed E-state index contributed by atoms with van der Waals surface area (Å²) >= 11 is 0. The molecule has 0 spiro atoms. The first-order chi connectivity index (χ1) is 12.1. The number of ether oxygens (including phenoxy) is 3. The highest BCUT2D eigenvalue weighted by molar-refractivity contribution is 5.51. The summed E-state index contributed by atoms with van der Waals surface area (Å²) in [6, 6.07) is 4.10. The summed E-state index contributed by atoms with van der Waals surface area (Å²) in [4.78, 5) is 7.07. The fourth-order valence-corrected chi connectivity index (χ4v) is 4.01. The summed E-state index contributed by atoms with van der Waals surface area (Å²) in [6.45, 7) is 6.76. The van der Waals surface area contributed by atoms with Crippen molar-refractivity contribution in [1.82, 2.24) is 14.7 Å². The number of methoxy groups -OCH3 is 1. The van der Waals surface area contributed by atoms with Crippen molar-refractivity contribution in [2.45, 2.75) is 18.7 Å². The lowest BCUT2D eigenvalue weighted by atomic mass is 10.1. The van der Waals surface area contributed by atoms with Gasteiger partial charge in [-0.05, 0) is 13.1 Å². The van der Waals surface area contributed by atoms with Gasteiger partial charge in [-0.1, -0.05) is 0 Å². The lowest BCUT2D eigenvalue weighted by molar-refractivity contribution is 0.0512. The number of likely N-dealkylation sites (N-methyl/N-ethyl adjacent to an activating group) is 1. The molecule has 3 aliphatic heterocycles. The lowest BCUT2D eigenvalue weighted by Gasteiger charge is -2.37. The minimum Gasteiger partial charge on any atom is -0.496 e. The number of β-amino-alcohol motifs (C(OH)–C–C–N with tert-alkyl or cyclic N) is 1. The van der Waals surface area contributed by atoms with Gasteiger partial charge >= 0.3 is 0 Å². The average Bonchev–Trinajstić information content (AvgIpc) is 3.21. The van der Waals surface area contributed by atoms with Crippen LogP contribution in [-0.2, 0) is 6.54 Å². The van der Waals surface area contributed by atoms with Crippen molar-refractivity contribution in [2.24, 2.45) is 0 Å². The van der Waals surface area contributed by atoms with Gasteiger partial charge in [0.2, 0.25) is 6.79 Å². The monoisotopic (exact) mass is 349 g/mol. The van der Waals surface area contributed by atoms with Crippen LogP contribution in [0.25, 0.3) is 0 Å². The van der Waals surface area contributed by atoms with Gasteiger partial charge in [-0.15, -0.1) is 0 Å². The molecule has 138 valence electrons. The van der Waals surface area contributed by atoms with Gasteiger partial charge in [0.05, 0.1) is 13.2 Å². The molecule has 0 saturated carbocycles. The maximum Gasteiger partial charge on any atom is 0.231 e. The Bertz CT molecular complexity index is 619. The number of nitrogens with zero attached hydrogens (tertiary/aromatic N) is 3. The molecule has 0 bridgehead atoms. The fraction of sp³-hybridized carbons (Fsp3) is 0.667. The van der Waals surface area contributed by atoms with Crippen molar-refractivity contribution >= 4 is 0 Å². The second kappa shape index (κ2) is 6.99. The third kappa shape index (κ3) is 3.42. The van der Waals surface area contributed by atoms with E-state index >= 15 is 0 Å². The van der Waals surface area contributed by atoms with E-state index in [4.69, 9.17) is 14.2 Å². The molecule has 25 heavy (non-hydrogen) atoms. The van der Waals surface area contributed by atoms with Gasteiger partial charge in [0, 0.05) is 63.5 Å². The van der Waals surface area contributed by atoms with Crippen LogP contribution in [0.2, 0.25) is 0 Å². The minimum atomic E-state index is -0.302. The molecule has 7 nitrogen and oxygen atoms in total. The van der Waals surface area contributed by atoms with Crippen molar-refractivity contribution in [3.8, 4) is 17.2 Å². The summed E-state index contributed by atoms with van der Waals surface area (Å²) in [6.07, 6.45) is -0.302. The first kappa shape index (κ1) is 16.9. The first-order valence-corrected chi connectivity index (χ1v) is 8.93. The third-order valence-electron chi connectivity index (χ3n) is 5.51. The van der Waals surface area contributed by atoms with Gasteiger partial charge in [0.15, 0.2) is 11.5 Å². The van der Waals surface area contributed by atoms with Crippen LogP contribution in [0.3, 0.4) is 0 Å². The summed E-state index contributed by atoms with van der Waals surface area (Å²) < 4.78 is 16.4. The average molecular weight is 349 g/mol. The molecule has 1 aromatic rings. The highest BCUT2D eigenvalue weighted by atomic mass is 16.7. The zero-order valence-electron chi connectivity index (χ0n) is 15.0. The largest absolute Gasteiger partial charge is 0.496 e. The predicted octanol–water partition coefficient (Wildman–Crippen LogP) is 0.216. The van der Waals surface area contributed by atoms with E-state index in [9.17, 15) is 5.11 Å². The molecule has 7 heteroatoms. The normalized spacial score (nSPS) is 27.8. The number of hydrogen-bond acceptors (Lipinski definition) is 7. The van der Waals surface area contributed by atoms with Gasteiger partial charge in [-0.2, -0.15) is 0 Å². The van der Waals surface area contributed by atoms with E-state index in [0.29, 0.717) is 6.54 Å². The Hall–Kier alpha value is -1.54. The molecule has 4 rings (SSSR count). The van der Waals surface area contributed by atoms with Crippen molar-refractivity contribution in [1.29, 1.82) is 0 Å². The van der Waals surface area contributed by atoms with Gasteiger partial charge in [0.1, 0.15) is 5.75 Å². The Morgan fingerprint density at radius 1 is 1.12 bits per heavy atom. The lowest BCUT2D eigenvalue weighted by Crippen LogP contribution is -2.52. The highest BCUT2D eigenvalue weighted by Gasteiger charge is 2.36. The fourth-order valence-electron chi connectivity index (χ4n) is 4.01. The number of piperazine rings is 1. The maximum atomic E-state index is 10.6. The quantitative estimate of drug-likeness (QED) is 0.834. The van der Waals surface area contributed by atoms with Crippen molar-refractivity contribution in [3.63, 3.8) is 0 Å². The van der Waals surface area contributed by atoms with E-state index < -0.39 is 0 Å². The van der Waals surface area contributed by atoms with Crippen LogP contribution >= 0.6 is 0 Å². The first-order valence-electron chi connectivity index (χ1n) is 8.93. The number of hydrogen-bond donors (Lipinski definition) is 1. The molecule has 0 aliphatic carbocycles. The minimum absolute atomic E-state index is 0.216. The summed E-state index contributed by atoms with van der Waals surface area (Å²) in [5, 5.41) is 10.6. The molecule has 1 aromatic carbocycles. The van der Waals surface area contributed by atoms with Gasteiger partial charge in [-0.3, -0.25) is 9.80 Å². The number of fused-ring (bicyclic) bond motifs is 1. The SMILES string of the molecule is COc1cc2c(cc1CN1C[C@H](O)[C@@H](N3CCN(C)CC3)C1)OCO2. The molecule has 2 fully saturated rings. The summed E-state index contributed by atoms with van der Waals surface area (Å²) in [7, 11) is 3.83. The van der Waals surface area contributed by atoms with Crippen molar-refractivity contribution in [2.75, 3.05) is 60.2 Å². The van der Waals surface area contributed by atoms with Gasteiger partial charge in [0.25, 0.3) is 0 Å². The Morgan fingerprint density at radius 2 is 1.84 bits per heavy atom. The molecule has 3 aliphatic rings. The summed E-state index contributed by atoms with van der Waals surface area (Å²) in [5.74, 6) is 2.31. The molecule has 1 N–H and O–H groups in total. The Labute approximate surface area is 148 Å². The van der Waals surface area contributed by atoms with Crippen LogP contribution in [0.5, 0.6) is 17.2 Å². The van der Waals surface area contributed by atoms with Crippen LogP contribution in [-0.4, -0.2) is 92.2 Å². The molecule has 0 unspecified atom stereocenters. The van der Waals surface area contributed by atoms with Crippen molar-refractivity contribution < 1.29 is 19.3 Å². The van der Waals surface area contributed by atoms with Crippen LogP contribution in [0, 0.1) is 0 Å². The molecule has 0 amide bonds. The van der Waals surface area contributed by atoms with E-state index in [2.05, 4.69) is 21.7 Å². The van der Waals surface area contributed by atoms with E-state index in [1.807, 2.05) is 12.1 Å². The van der Waals surface area contributed by atoms with E-state index in [0.717, 1.165) is 62.1 Å². The Kier molecular flexibility index (Phi) is 4.73. The maximum absolute atomic E-state index is 10.6. The van der Waals surface area contributed by atoms with Gasteiger partial charge < -0.3 is 24.2 Å². The van der Waals surface area contributed by atoms with E-state index in [1.54, 1.807) is 7.11 Å². The Balaban J connectivity index is 1.44. The molecule has 0 aromatic heterocycles. The number of aliphatic hydroxyl groups is 1. The second-order valence-electron chi connectivity index (χ2n) is 7.19. The second-order valence-corrected chi connectivity index (χ2v) is 7.19. The Morgan fingerprint density at radius 3 is 2.56 bits per heavy atom. The molecule has 2 atom stereocenters. The molecule has 2 saturated heterocycles. The smallest absolute Gasteiger partial charge is 0.231 e. The molecule has 3 heterocycles. The highest BCUT2D eigenvalue weighted by Crippen LogP contribution is 2.38. The molecular formula is C18H27N3O4. The summed E-state index contributed by atoms with van der Waals surface area (Å²) in [5.41, 5.74) is 1.07. The van der Waals surface area contributed by atoms with E-state index in [1.165, 1.54) is 0 Å². The zero-order valence-corrected chi connectivity index (χ0v) is 15.0. The third-order valence-corrected chi connectivity index (χ3v) is 5.51. The van der Waals surface area contributed by atoms with Crippen LogP contribution in [0.15, 0.2) is 12.1 Å². The number of likely N-dealkylation sites (tertiary alicyclic amines) is 1. The topological polar surface area (TPSA) is 57.6 Å². The standard InChI is InChI=1S/C18H27N3O4/c1-19-3-5-21(6-4-19)14-10-20(11-15(14)22)9-13-7-17-18(25-12-24-17)8-16(13)23-2/h7-8,14-15,22H,3-6,9-12H2,1-2H3/t14-,15-/m0/s1. The molecular weight excluding hydrogens is 322 g/mol. The molecule has 0 radical (unpaired) electrons. The van der Waals surface area contributed by atoms with Crippen molar-refractivity contribution in [3.05, 3.63) is 17.7 Å². The van der Waals surface area contributed by atoms with E-state index in [-0.39, 0.29) is 18.9 Å².